The van der Waals surface area contributed by atoms with Crippen molar-refractivity contribution in [2.45, 2.75) is 20.5 Å². The van der Waals surface area contributed by atoms with Gasteiger partial charge in [0, 0.05) is 23.9 Å². The number of ether oxygens (including phenoxy) is 1. The number of benzene rings is 3. The molecule has 1 aromatic heterocycles. The van der Waals surface area contributed by atoms with Crippen LogP contribution in [0.2, 0.25) is 0 Å². The molecule has 0 fully saturated rings. The first-order chi connectivity index (χ1) is 17.2. The number of aliphatic hydroxyl groups is 1. The lowest BCUT2D eigenvalue weighted by Crippen LogP contribution is -2.05. The van der Waals surface area contributed by atoms with Gasteiger partial charge in [-0.3, -0.25) is 0 Å². The molecule has 7 heteroatoms. The van der Waals surface area contributed by atoms with Gasteiger partial charge in [0.2, 0.25) is 0 Å². The Balaban J connectivity index is 0.000000468. The van der Waals surface area contributed by atoms with E-state index in [-0.39, 0.29) is 6.54 Å². The van der Waals surface area contributed by atoms with E-state index in [2.05, 4.69) is 35.1 Å². The van der Waals surface area contributed by atoms with Crippen LogP contribution in [0.4, 0.5) is 5.69 Å². The SMILES string of the molecule is CN.CO.Cc1c(NCC=O)cccc1OCc1ncoc1-c1ccccc1.Cc1ccccc1. The third kappa shape index (κ3) is 9.83. The van der Waals surface area contributed by atoms with Crippen molar-refractivity contribution in [3.8, 4) is 17.1 Å². The van der Waals surface area contributed by atoms with Crippen LogP contribution >= 0.6 is 0 Å². The lowest BCUT2D eigenvalue weighted by Gasteiger charge is -2.13. The molecule has 3 aromatic carbocycles. The Morgan fingerprint density at radius 1 is 0.943 bits per heavy atom. The fourth-order valence-electron chi connectivity index (χ4n) is 2.99. The van der Waals surface area contributed by atoms with Gasteiger partial charge in [-0.25, -0.2) is 4.98 Å². The Morgan fingerprint density at radius 3 is 2.14 bits per heavy atom. The van der Waals surface area contributed by atoms with Gasteiger partial charge < -0.3 is 30.1 Å². The third-order valence-corrected chi connectivity index (χ3v) is 4.64. The van der Waals surface area contributed by atoms with Gasteiger partial charge in [-0.15, -0.1) is 0 Å². The number of aldehydes is 1. The molecule has 0 aliphatic carbocycles. The summed E-state index contributed by atoms with van der Waals surface area (Å²) < 4.78 is 11.4. The number of anilines is 1. The van der Waals surface area contributed by atoms with Crippen LogP contribution in [-0.2, 0) is 11.4 Å². The van der Waals surface area contributed by atoms with Gasteiger partial charge in [0.1, 0.15) is 24.3 Å². The van der Waals surface area contributed by atoms with Crippen molar-refractivity contribution in [3.63, 3.8) is 0 Å². The van der Waals surface area contributed by atoms with Gasteiger partial charge >= 0.3 is 0 Å². The summed E-state index contributed by atoms with van der Waals surface area (Å²) in [5.41, 5.74) is 9.35. The highest BCUT2D eigenvalue weighted by atomic mass is 16.5. The van der Waals surface area contributed by atoms with Crippen molar-refractivity contribution in [2.75, 3.05) is 26.0 Å². The first kappa shape index (κ1) is 29.1. The number of nitrogens with one attached hydrogen (secondary N) is 1. The molecule has 0 aliphatic heterocycles. The smallest absolute Gasteiger partial charge is 0.181 e. The molecule has 0 saturated carbocycles. The largest absolute Gasteiger partial charge is 0.487 e. The second-order valence-electron chi connectivity index (χ2n) is 6.91. The number of carbonyl (C=O) groups excluding carboxylic acids is 1. The molecular weight excluding hydrogens is 442 g/mol. The summed E-state index contributed by atoms with van der Waals surface area (Å²) in [7, 11) is 2.50. The monoisotopic (exact) mass is 477 g/mol. The van der Waals surface area contributed by atoms with Gasteiger partial charge in [0.05, 0.1) is 6.54 Å². The number of nitrogens with zero attached hydrogens (tertiary/aromatic N) is 1. The highest BCUT2D eigenvalue weighted by Crippen LogP contribution is 2.28. The van der Waals surface area contributed by atoms with Crippen molar-refractivity contribution in [3.05, 3.63) is 102 Å². The number of aliphatic hydroxyl groups excluding tert-OH is 1. The number of aromatic nitrogens is 1. The molecular formula is C28H35N3O4. The molecule has 1 heterocycles. The van der Waals surface area contributed by atoms with Gasteiger partial charge in [-0.2, -0.15) is 0 Å². The second kappa shape index (κ2) is 17.5. The van der Waals surface area contributed by atoms with Crippen LogP contribution in [0.3, 0.4) is 0 Å². The molecule has 186 valence electrons. The molecule has 0 radical (unpaired) electrons. The molecule has 0 saturated heterocycles. The lowest BCUT2D eigenvalue weighted by molar-refractivity contribution is -0.106. The van der Waals surface area contributed by atoms with Gasteiger partial charge in [-0.1, -0.05) is 72.3 Å². The van der Waals surface area contributed by atoms with E-state index >= 15 is 0 Å². The summed E-state index contributed by atoms with van der Waals surface area (Å²) in [6.45, 7) is 4.60. The molecule has 0 unspecified atom stereocenters. The first-order valence-corrected chi connectivity index (χ1v) is 11.1. The Morgan fingerprint density at radius 2 is 1.57 bits per heavy atom. The van der Waals surface area contributed by atoms with Crippen molar-refractivity contribution in [1.82, 2.24) is 4.98 Å². The van der Waals surface area contributed by atoms with Crippen LogP contribution in [0.5, 0.6) is 5.75 Å². The molecule has 7 nitrogen and oxygen atoms in total. The molecule has 0 amide bonds. The molecule has 4 rings (SSSR count). The molecule has 4 aromatic rings. The molecule has 0 aliphatic rings. The predicted octanol–water partition coefficient (Wildman–Crippen LogP) is 5.02. The maximum atomic E-state index is 10.5. The maximum absolute atomic E-state index is 10.5. The van der Waals surface area contributed by atoms with Crippen molar-refractivity contribution in [1.29, 1.82) is 0 Å². The summed E-state index contributed by atoms with van der Waals surface area (Å²) in [4.78, 5) is 14.8. The van der Waals surface area contributed by atoms with Gasteiger partial charge in [0.15, 0.2) is 12.2 Å². The fraction of sp³-hybridized carbons (Fsp3) is 0.214. The summed E-state index contributed by atoms with van der Waals surface area (Å²) in [6, 6.07) is 25.8. The summed E-state index contributed by atoms with van der Waals surface area (Å²) in [6.07, 6.45) is 2.25. The quantitative estimate of drug-likeness (QED) is 0.321. The van der Waals surface area contributed by atoms with E-state index in [0.717, 1.165) is 41.7 Å². The van der Waals surface area contributed by atoms with E-state index in [1.807, 2.05) is 73.7 Å². The normalized spacial score (nSPS) is 9.20. The average Bonchev–Trinajstić information content (AvgIpc) is 3.40. The zero-order valence-electron chi connectivity index (χ0n) is 20.8. The molecule has 0 bridgehead atoms. The van der Waals surface area contributed by atoms with Crippen molar-refractivity contribution >= 4 is 12.0 Å². The number of oxazole rings is 1. The lowest BCUT2D eigenvalue weighted by atomic mass is 10.1. The molecule has 0 spiro atoms. The standard InChI is InChI=1S/C19H18N2O3.C7H8.CH5N.CH4O/c1-14-16(20-10-11-22)8-5-9-18(14)23-12-17-19(24-13-21-17)15-6-3-2-4-7-15;1-7-5-3-2-4-6-7;2*1-2/h2-9,11,13,20H,10,12H2,1H3;2-6H,1H3;2H2,1H3;2H,1H3. The Hall–Kier alpha value is -3.94. The Bertz CT molecular complexity index is 1080. The Kier molecular flexibility index (Phi) is 14.6. The predicted molar refractivity (Wildman–Crippen MR) is 141 cm³/mol. The van der Waals surface area contributed by atoms with Crippen molar-refractivity contribution < 1.29 is 19.1 Å². The number of aryl methyl sites for hydroxylation is 1. The maximum Gasteiger partial charge on any atom is 0.181 e. The minimum atomic E-state index is 0.270. The van der Waals surface area contributed by atoms with Crippen LogP contribution < -0.4 is 15.8 Å². The zero-order valence-corrected chi connectivity index (χ0v) is 20.8. The summed E-state index contributed by atoms with van der Waals surface area (Å²) >= 11 is 0. The molecule has 0 atom stereocenters. The van der Waals surface area contributed by atoms with E-state index in [1.165, 1.54) is 19.0 Å². The number of rotatable bonds is 7. The number of hydrogen-bond acceptors (Lipinski definition) is 7. The fourth-order valence-corrected chi connectivity index (χ4v) is 2.99. The van der Waals surface area contributed by atoms with Crippen LogP contribution in [-0.4, -0.2) is 37.1 Å². The van der Waals surface area contributed by atoms with Crippen molar-refractivity contribution in [2.24, 2.45) is 5.73 Å². The molecule has 35 heavy (non-hydrogen) atoms. The number of carbonyl (C=O) groups is 1. The topological polar surface area (TPSA) is 111 Å². The van der Waals surface area contributed by atoms with Crippen LogP contribution in [0.25, 0.3) is 11.3 Å². The third-order valence-electron chi connectivity index (χ3n) is 4.64. The molecule has 4 N–H and O–H groups in total. The number of hydrogen-bond donors (Lipinski definition) is 3. The minimum absolute atomic E-state index is 0.270. The van der Waals surface area contributed by atoms with Crippen LogP contribution in [0.1, 0.15) is 16.8 Å². The average molecular weight is 478 g/mol. The number of nitrogens with two attached hydrogens (primary N) is 1. The van der Waals surface area contributed by atoms with E-state index in [4.69, 9.17) is 14.3 Å². The first-order valence-electron chi connectivity index (χ1n) is 11.1. The summed E-state index contributed by atoms with van der Waals surface area (Å²) in [5.74, 6) is 1.45. The minimum Gasteiger partial charge on any atom is -0.487 e. The van der Waals surface area contributed by atoms with Gasteiger partial charge in [-0.05, 0) is 33.0 Å². The summed E-state index contributed by atoms with van der Waals surface area (Å²) in [5, 5.41) is 10.1. The van der Waals surface area contributed by atoms with E-state index in [1.54, 1.807) is 0 Å². The van der Waals surface area contributed by atoms with E-state index in [9.17, 15) is 4.79 Å². The zero-order chi connectivity index (χ0) is 25.9. The van der Waals surface area contributed by atoms with Crippen LogP contribution in [0.15, 0.2) is 89.7 Å². The van der Waals surface area contributed by atoms with E-state index in [0.29, 0.717) is 12.4 Å². The van der Waals surface area contributed by atoms with Crippen LogP contribution in [0, 0.1) is 13.8 Å². The Labute approximate surface area is 207 Å². The highest BCUT2D eigenvalue weighted by molar-refractivity contribution is 5.63. The highest BCUT2D eigenvalue weighted by Gasteiger charge is 2.12. The van der Waals surface area contributed by atoms with E-state index < -0.39 is 0 Å². The second-order valence-corrected chi connectivity index (χ2v) is 6.91. The van der Waals surface area contributed by atoms with Gasteiger partial charge in [0.25, 0.3) is 0 Å².